The minimum atomic E-state index is -0.767. The topological polar surface area (TPSA) is 107 Å². The maximum Gasteiger partial charge on any atom is 0.320 e. The lowest BCUT2D eigenvalue weighted by molar-refractivity contribution is -0.209. The van der Waals surface area contributed by atoms with E-state index in [1.54, 1.807) is 0 Å². The van der Waals surface area contributed by atoms with Gasteiger partial charge in [-0.15, -0.1) is 23.2 Å². The van der Waals surface area contributed by atoms with Crippen molar-refractivity contribution in [3.8, 4) is 0 Å². The van der Waals surface area contributed by atoms with Crippen molar-refractivity contribution >= 4 is 35.1 Å². The minimum absolute atomic E-state index is 0.00852. The number of rotatable bonds is 11. The molecule has 0 radical (unpaired) electrons. The number of nitrogens with zero attached hydrogens (tertiary/aromatic N) is 1. The van der Waals surface area contributed by atoms with Crippen LogP contribution in [0, 0.1) is 46.3 Å². The minimum Gasteiger partial charge on any atom is -0.481 e. The van der Waals surface area contributed by atoms with Crippen LogP contribution in [0.3, 0.4) is 0 Å². The molecule has 4 aliphatic rings. The third-order valence-corrected chi connectivity index (χ3v) is 12.1. The van der Waals surface area contributed by atoms with Gasteiger partial charge >= 0.3 is 11.9 Å². The van der Waals surface area contributed by atoms with Crippen LogP contribution in [0.5, 0.6) is 0 Å². The summed E-state index contributed by atoms with van der Waals surface area (Å²) in [5.41, 5.74) is -0.306. The van der Waals surface area contributed by atoms with E-state index in [9.17, 15) is 24.9 Å². The van der Waals surface area contributed by atoms with Gasteiger partial charge in [-0.2, -0.15) is 0 Å². The molecule has 3 N–H and O–H groups in total. The summed E-state index contributed by atoms with van der Waals surface area (Å²) in [5, 5.41) is 32.5. The van der Waals surface area contributed by atoms with Crippen LogP contribution in [0.2, 0.25) is 0 Å². The maximum atomic E-state index is 12.7. The Labute approximate surface area is 243 Å². The fourth-order valence-corrected chi connectivity index (χ4v) is 10.2. The van der Waals surface area contributed by atoms with Gasteiger partial charge in [0.05, 0.1) is 18.8 Å². The van der Waals surface area contributed by atoms with E-state index in [0.717, 1.165) is 32.1 Å². The van der Waals surface area contributed by atoms with E-state index in [1.807, 2.05) is 4.90 Å². The third-order valence-electron chi connectivity index (χ3n) is 11.8. The van der Waals surface area contributed by atoms with Gasteiger partial charge in [-0.1, -0.05) is 20.8 Å². The molecule has 0 unspecified atom stereocenters. The first-order valence-corrected chi connectivity index (χ1v) is 16.1. The number of esters is 1. The lowest BCUT2D eigenvalue weighted by Gasteiger charge is -2.63. The van der Waals surface area contributed by atoms with E-state index in [1.165, 1.54) is 0 Å². The first-order chi connectivity index (χ1) is 18.4. The number of alkyl halides is 2. The summed E-state index contributed by atoms with van der Waals surface area (Å²) in [7, 11) is 0. The van der Waals surface area contributed by atoms with E-state index in [-0.39, 0.29) is 71.4 Å². The Kier molecular flexibility index (Phi) is 10.2. The number of aliphatic carboxylic acids is 1. The standard InChI is InChI=1S/C30H49Cl2NO6/c1-18(4-7-26(36)37)21-5-6-22-28-23(16-25(35)30(21,22)3)29(2)9-8-20(14-19(29)15-24(28)34)39-27(38)17-33(12-10-31)13-11-32/h18-25,28,34-35H,4-17H2,1-3H3,(H,36,37)/t18-,19+,20-,21-,22+,23+,24-,25+,28+,29+,30-/m1/s1. The van der Waals surface area contributed by atoms with Crippen molar-refractivity contribution in [3.63, 3.8) is 0 Å². The number of aliphatic hydroxyl groups is 2. The van der Waals surface area contributed by atoms with E-state index in [0.29, 0.717) is 44.1 Å². The molecule has 4 saturated carbocycles. The van der Waals surface area contributed by atoms with Gasteiger partial charge in [0.15, 0.2) is 0 Å². The summed E-state index contributed by atoms with van der Waals surface area (Å²) in [6.45, 7) is 8.06. The van der Waals surface area contributed by atoms with E-state index < -0.39 is 18.2 Å². The molecule has 0 amide bonds. The van der Waals surface area contributed by atoms with Crippen molar-refractivity contribution in [2.24, 2.45) is 46.3 Å². The summed E-state index contributed by atoms with van der Waals surface area (Å²) >= 11 is 11.7. The second-order valence-electron chi connectivity index (χ2n) is 13.5. The highest BCUT2D eigenvalue weighted by Crippen LogP contribution is 2.68. The second kappa shape index (κ2) is 12.7. The van der Waals surface area contributed by atoms with Gasteiger partial charge < -0.3 is 20.1 Å². The number of hydrogen-bond acceptors (Lipinski definition) is 6. The van der Waals surface area contributed by atoms with Crippen LogP contribution in [0.4, 0.5) is 0 Å². The monoisotopic (exact) mass is 589 g/mol. The van der Waals surface area contributed by atoms with Crippen molar-refractivity contribution in [3.05, 3.63) is 0 Å². The van der Waals surface area contributed by atoms with Gasteiger partial charge in [0.1, 0.15) is 6.10 Å². The van der Waals surface area contributed by atoms with Crippen LogP contribution in [-0.4, -0.2) is 81.9 Å². The summed E-state index contributed by atoms with van der Waals surface area (Å²) in [6.07, 6.45) is 5.56. The van der Waals surface area contributed by atoms with Crippen molar-refractivity contribution in [1.82, 2.24) is 4.90 Å². The van der Waals surface area contributed by atoms with Gasteiger partial charge in [0, 0.05) is 31.3 Å². The summed E-state index contributed by atoms with van der Waals surface area (Å²) in [4.78, 5) is 25.8. The van der Waals surface area contributed by atoms with E-state index >= 15 is 0 Å². The molecule has 0 aromatic rings. The number of carbonyl (C=O) groups excluding carboxylic acids is 1. The summed E-state index contributed by atoms with van der Waals surface area (Å²) in [6, 6.07) is 0. The molecular formula is C30H49Cl2NO6. The average molecular weight is 591 g/mol. The Hall–Kier alpha value is -0.600. The molecule has 4 rings (SSSR count). The molecular weight excluding hydrogens is 541 g/mol. The number of hydrogen-bond donors (Lipinski definition) is 3. The van der Waals surface area contributed by atoms with Crippen molar-refractivity contribution < 1.29 is 29.6 Å². The Morgan fingerprint density at radius 2 is 1.72 bits per heavy atom. The van der Waals surface area contributed by atoms with Crippen LogP contribution < -0.4 is 0 Å². The van der Waals surface area contributed by atoms with Crippen molar-refractivity contribution in [1.29, 1.82) is 0 Å². The number of fused-ring (bicyclic) bond motifs is 5. The van der Waals surface area contributed by atoms with Crippen molar-refractivity contribution in [2.75, 3.05) is 31.4 Å². The molecule has 0 heterocycles. The smallest absolute Gasteiger partial charge is 0.320 e. The highest BCUT2D eigenvalue weighted by molar-refractivity contribution is 6.18. The number of carbonyl (C=O) groups is 2. The van der Waals surface area contributed by atoms with Crippen molar-refractivity contribution in [2.45, 2.75) is 96.9 Å². The molecule has 0 spiro atoms. The first-order valence-electron chi connectivity index (χ1n) is 15.1. The van der Waals surface area contributed by atoms with E-state index in [4.69, 9.17) is 27.9 Å². The summed E-state index contributed by atoms with van der Waals surface area (Å²) < 4.78 is 5.93. The zero-order chi connectivity index (χ0) is 28.5. The fraction of sp³-hybridized carbons (Fsp3) is 0.933. The first kappa shape index (κ1) is 31.3. The van der Waals surface area contributed by atoms with Gasteiger partial charge in [-0.3, -0.25) is 14.5 Å². The molecule has 0 aromatic heterocycles. The highest BCUT2D eigenvalue weighted by Gasteiger charge is 2.65. The zero-order valence-electron chi connectivity index (χ0n) is 23.9. The van der Waals surface area contributed by atoms with E-state index in [2.05, 4.69) is 20.8 Å². The molecule has 4 aliphatic carbocycles. The van der Waals surface area contributed by atoms with Crippen LogP contribution in [0.15, 0.2) is 0 Å². The third kappa shape index (κ3) is 6.14. The molecule has 4 fully saturated rings. The lowest BCUT2D eigenvalue weighted by atomic mass is 9.43. The van der Waals surface area contributed by atoms with Gasteiger partial charge in [-0.25, -0.2) is 0 Å². The molecule has 0 saturated heterocycles. The van der Waals surface area contributed by atoms with Crippen LogP contribution in [0.25, 0.3) is 0 Å². The van der Waals surface area contributed by atoms with Crippen LogP contribution in [0.1, 0.15) is 78.6 Å². The molecule has 11 atom stereocenters. The molecule has 9 heteroatoms. The quantitative estimate of drug-likeness (QED) is 0.235. The molecule has 39 heavy (non-hydrogen) atoms. The van der Waals surface area contributed by atoms with Crippen LogP contribution >= 0.6 is 23.2 Å². The van der Waals surface area contributed by atoms with Gasteiger partial charge in [0.2, 0.25) is 0 Å². The Morgan fingerprint density at radius 3 is 2.36 bits per heavy atom. The predicted octanol–water partition coefficient (Wildman–Crippen LogP) is 4.78. The van der Waals surface area contributed by atoms with Gasteiger partial charge in [-0.05, 0) is 97.7 Å². The molecule has 0 bridgehead atoms. The maximum absolute atomic E-state index is 12.7. The Bertz CT molecular complexity index is 870. The second-order valence-corrected chi connectivity index (χ2v) is 14.3. The Morgan fingerprint density at radius 1 is 1.03 bits per heavy atom. The molecule has 7 nitrogen and oxygen atoms in total. The lowest BCUT2D eigenvalue weighted by Crippen LogP contribution is -2.62. The predicted molar refractivity (Wildman–Crippen MR) is 152 cm³/mol. The molecule has 0 aliphatic heterocycles. The largest absolute Gasteiger partial charge is 0.481 e. The fourth-order valence-electron chi connectivity index (χ4n) is 9.69. The number of carboxylic acids is 1. The highest BCUT2D eigenvalue weighted by atomic mass is 35.5. The molecule has 0 aromatic carbocycles. The summed E-state index contributed by atoms with van der Waals surface area (Å²) in [5.74, 6) is 1.20. The molecule has 224 valence electrons. The normalized spacial score (nSPS) is 42.4. The number of halogens is 2. The zero-order valence-corrected chi connectivity index (χ0v) is 25.4. The number of ether oxygens (including phenoxy) is 1. The number of aliphatic hydroxyl groups excluding tert-OH is 2. The van der Waals surface area contributed by atoms with Crippen LogP contribution in [-0.2, 0) is 14.3 Å². The Balaban J connectivity index is 1.44. The van der Waals surface area contributed by atoms with Gasteiger partial charge in [0.25, 0.3) is 0 Å². The average Bonchev–Trinajstić information content (AvgIpc) is 3.23. The SMILES string of the molecule is C[C@H](CCC(=O)O)[C@H]1CC[C@H]2[C@@H]3[C@H](O)C[C@@H]4C[C@H](OC(=O)CN(CCCl)CCCl)CC[C@]4(C)[C@H]3C[C@H](O)[C@]12C. The number of carboxylic acid groups (broad SMARTS) is 1.